The van der Waals surface area contributed by atoms with Crippen molar-refractivity contribution in [2.24, 2.45) is 11.7 Å². The Morgan fingerprint density at radius 2 is 2.43 bits per heavy atom. The highest BCUT2D eigenvalue weighted by molar-refractivity contribution is 7.11. The lowest BCUT2D eigenvalue weighted by Gasteiger charge is -2.15. The molecule has 0 fully saturated rings. The molecule has 0 aromatic carbocycles. The molecular weight excluding hydrogens is 192 g/mol. The van der Waals surface area contributed by atoms with Crippen LogP contribution < -0.4 is 5.73 Å². The SMILES string of the molecule is CC1CCc2nc(CCCN)sc2C1. The van der Waals surface area contributed by atoms with Gasteiger partial charge in [0.05, 0.1) is 10.7 Å². The Morgan fingerprint density at radius 3 is 3.21 bits per heavy atom. The minimum absolute atomic E-state index is 0.778. The third kappa shape index (κ3) is 2.15. The van der Waals surface area contributed by atoms with Gasteiger partial charge in [0.25, 0.3) is 0 Å². The molecule has 78 valence electrons. The van der Waals surface area contributed by atoms with E-state index in [2.05, 4.69) is 11.9 Å². The third-order valence-corrected chi connectivity index (χ3v) is 4.00. The van der Waals surface area contributed by atoms with Gasteiger partial charge in [0.15, 0.2) is 0 Å². The molecule has 1 aromatic heterocycles. The van der Waals surface area contributed by atoms with Gasteiger partial charge in [-0.05, 0) is 38.1 Å². The molecule has 1 atom stereocenters. The molecule has 0 bridgehead atoms. The van der Waals surface area contributed by atoms with E-state index in [1.807, 2.05) is 11.3 Å². The Balaban J connectivity index is 2.07. The summed E-state index contributed by atoms with van der Waals surface area (Å²) in [6.07, 6.45) is 5.89. The lowest BCUT2D eigenvalue weighted by Crippen LogP contribution is -2.09. The summed E-state index contributed by atoms with van der Waals surface area (Å²) in [6, 6.07) is 0. The van der Waals surface area contributed by atoms with Crippen molar-refractivity contribution < 1.29 is 0 Å². The number of nitrogens with two attached hydrogens (primary N) is 1. The van der Waals surface area contributed by atoms with Gasteiger partial charge in [-0.2, -0.15) is 0 Å². The molecule has 1 unspecified atom stereocenters. The Morgan fingerprint density at radius 1 is 1.57 bits per heavy atom. The zero-order valence-corrected chi connectivity index (χ0v) is 9.57. The molecule has 0 spiro atoms. The summed E-state index contributed by atoms with van der Waals surface area (Å²) in [5.41, 5.74) is 6.87. The lowest BCUT2D eigenvalue weighted by molar-refractivity contribution is 0.501. The molecule has 1 aliphatic carbocycles. The van der Waals surface area contributed by atoms with E-state index in [0.29, 0.717) is 0 Å². The fourth-order valence-electron chi connectivity index (χ4n) is 1.95. The van der Waals surface area contributed by atoms with E-state index in [0.717, 1.165) is 25.3 Å². The van der Waals surface area contributed by atoms with Crippen LogP contribution >= 0.6 is 11.3 Å². The minimum atomic E-state index is 0.778. The highest BCUT2D eigenvalue weighted by Crippen LogP contribution is 2.30. The normalized spacial score (nSPS) is 20.9. The predicted molar refractivity (Wildman–Crippen MR) is 60.7 cm³/mol. The van der Waals surface area contributed by atoms with Gasteiger partial charge in [0, 0.05) is 11.3 Å². The van der Waals surface area contributed by atoms with Crippen LogP contribution in [0.2, 0.25) is 0 Å². The largest absolute Gasteiger partial charge is 0.330 e. The number of hydrogen-bond donors (Lipinski definition) is 1. The van der Waals surface area contributed by atoms with E-state index < -0.39 is 0 Å². The minimum Gasteiger partial charge on any atom is -0.330 e. The first kappa shape index (κ1) is 10.1. The van der Waals surface area contributed by atoms with Crippen molar-refractivity contribution in [2.45, 2.75) is 39.0 Å². The maximum absolute atomic E-state index is 5.50. The summed E-state index contributed by atoms with van der Waals surface area (Å²) in [4.78, 5) is 6.22. The van der Waals surface area contributed by atoms with Gasteiger partial charge in [-0.1, -0.05) is 6.92 Å². The zero-order valence-electron chi connectivity index (χ0n) is 8.75. The second-order valence-electron chi connectivity index (χ2n) is 4.22. The maximum Gasteiger partial charge on any atom is 0.0931 e. The van der Waals surface area contributed by atoms with E-state index in [-0.39, 0.29) is 0 Å². The molecule has 0 amide bonds. The molecule has 0 saturated heterocycles. The van der Waals surface area contributed by atoms with Crippen molar-refractivity contribution in [3.63, 3.8) is 0 Å². The number of fused-ring (bicyclic) bond motifs is 1. The molecule has 1 aliphatic rings. The monoisotopic (exact) mass is 210 g/mol. The summed E-state index contributed by atoms with van der Waals surface area (Å²) in [5.74, 6) is 0.852. The van der Waals surface area contributed by atoms with Crippen molar-refractivity contribution in [3.05, 3.63) is 15.6 Å². The number of aryl methyl sites for hydroxylation is 2. The Kier molecular flexibility index (Phi) is 3.19. The van der Waals surface area contributed by atoms with Crippen LogP contribution in [0.25, 0.3) is 0 Å². The second-order valence-corrected chi connectivity index (χ2v) is 5.39. The van der Waals surface area contributed by atoms with Crippen LogP contribution in [0.3, 0.4) is 0 Å². The summed E-state index contributed by atoms with van der Waals surface area (Å²) in [5, 5.41) is 1.30. The molecule has 2 rings (SSSR count). The quantitative estimate of drug-likeness (QED) is 0.830. The predicted octanol–water partition coefficient (Wildman–Crippen LogP) is 2.16. The third-order valence-electron chi connectivity index (χ3n) is 2.83. The molecule has 2 nitrogen and oxygen atoms in total. The molecule has 2 N–H and O–H groups in total. The van der Waals surface area contributed by atoms with Crippen molar-refractivity contribution >= 4 is 11.3 Å². The highest BCUT2D eigenvalue weighted by atomic mass is 32.1. The molecule has 0 aliphatic heterocycles. The van der Waals surface area contributed by atoms with Gasteiger partial charge in [-0.25, -0.2) is 4.98 Å². The fraction of sp³-hybridized carbons (Fsp3) is 0.727. The Bertz CT molecular complexity index is 306. The zero-order chi connectivity index (χ0) is 9.97. The fourth-order valence-corrected chi connectivity index (χ4v) is 3.27. The van der Waals surface area contributed by atoms with E-state index in [1.54, 1.807) is 0 Å². The smallest absolute Gasteiger partial charge is 0.0931 e. The van der Waals surface area contributed by atoms with Gasteiger partial charge < -0.3 is 5.73 Å². The van der Waals surface area contributed by atoms with E-state index in [4.69, 9.17) is 5.73 Å². The van der Waals surface area contributed by atoms with Crippen LogP contribution in [-0.4, -0.2) is 11.5 Å². The average Bonchev–Trinajstić information content (AvgIpc) is 2.56. The van der Waals surface area contributed by atoms with Crippen LogP contribution in [0.5, 0.6) is 0 Å². The summed E-state index contributed by atoms with van der Waals surface area (Å²) >= 11 is 1.91. The number of hydrogen-bond acceptors (Lipinski definition) is 3. The first-order valence-corrected chi connectivity index (χ1v) is 6.28. The van der Waals surface area contributed by atoms with Crippen molar-refractivity contribution in [1.82, 2.24) is 4.98 Å². The number of nitrogens with zero attached hydrogens (tertiary/aromatic N) is 1. The number of rotatable bonds is 3. The van der Waals surface area contributed by atoms with E-state index in [9.17, 15) is 0 Å². The standard InChI is InChI=1S/C11H18N2S/c1-8-4-5-9-10(7-8)14-11(13-9)3-2-6-12/h8H,2-7,12H2,1H3. The van der Waals surface area contributed by atoms with E-state index in [1.165, 1.54) is 34.8 Å². The summed E-state index contributed by atoms with van der Waals surface area (Å²) in [7, 11) is 0. The molecule has 0 radical (unpaired) electrons. The Hall–Kier alpha value is -0.410. The van der Waals surface area contributed by atoms with Crippen LogP contribution in [-0.2, 0) is 19.3 Å². The van der Waals surface area contributed by atoms with Crippen molar-refractivity contribution in [2.75, 3.05) is 6.54 Å². The summed E-state index contributed by atoms with van der Waals surface area (Å²) < 4.78 is 0. The highest BCUT2D eigenvalue weighted by Gasteiger charge is 2.19. The Labute approximate surface area is 89.5 Å². The van der Waals surface area contributed by atoms with Crippen molar-refractivity contribution in [1.29, 1.82) is 0 Å². The average molecular weight is 210 g/mol. The van der Waals surface area contributed by atoms with Crippen LogP contribution in [0.4, 0.5) is 0 Å². The van der Waals surface area contributed by atoms with Gasteiger partial charge in [-0.15, -0.1) is 11.3 Å². The molecule has 1 heterocycles. The number of thiazole rings is 1. The topological polar surface area (TPSA) is 38.9 Å². The molecule has 3 heteroatoms. The molecular formula is C11H18N2S. The molecule has 14 heavy (non-hydrogen) atoms. The molecule has 1 aromatic rings. The van der Waals surface area contributed by atoms with Gasteiger partial charge in [0.1, 0.15) is 0 Å². The van der Waals surface area contributed by atoms with Gasteiger partial charge >= 0.3 is 0 Å². The summed E-state index contributed by atoms with van der Waals surface area (Å²) in [6.45, 7) is 3.11. The lowest BCUT2D eigenvalue weighted by atomic mass is 9.93. The van der Waals surface area contributed by atoms with Crippen LogP contribution in [0.1, 0.15) is 35.3 Å². The molecule has 0 saturated carbocycles. The van der Waals surface area contributed by atoms with Gasteiger partial charge in [0.2, 0.25) is 0 Å². The first-order chi connectivity index (χ1) is 6.79. The maximum atomic E-state index is 5.50. The second kappa shape index (κ2) is 4.41. The van der Waals surface area contributed by atoms with Crippen LogP contribution in [0.15, 0.2) is 0 Å². The van der Waals surface area contributed by atoms with E-state index >= 15 is 0 Å². The number of aromatic nitrogens is 1. The van der Waals surface area contributed by atoms with Gasteiger partial charge in [-0.3, -0.25) is 0 Å². The van der Waals surface area contributed by atoms with Crippen LogP contribution in [0, 0.1) is 5.92 Å². The first-order valence-electron chi connectivity index (χ1n) is 5.47. The van der Waals surface area contributed by atoms with Crippen molar-refractivity contribution in [3.8, 4) is 0 Å².